The summed E-state index contributed by atoms with van der Waals surface area (Å²) in [5.74, 6) is 1.02. The number of pyridine rings is 1. The average Bonchev–Trinajstić information content (AvgIpc) is 3.27. The summed E-state index contributed by atoms with van der Waals surface area (Å²) >= 11 is 6.04. The van der Waals surface area contributed by atoms with E-state index in [1.54, 1.807) is 66.4 Å². The van der Waals surface area contributed by atoms with E-state index in [0.717, 1.165) is 0 Å². The summed E-state index contributed by atoms with van der Waals surface area (Å²) in [7, 11) is 1.80. The minimum atomic E-state index is -0.410. The van der Waals surface area contributed by atoms with E-state index in [9.17, 15) is 9.59 Å². The third kappa shape index (κ3) is 2.84. The maximum absolute atomic E-state index is 13.6. The van der Waals surface area contributed by atoms with Gasteiger partial charge in [0, 0.05) is 23.0 Å². The molecule has 0 aliphatic rings. The van der Waals surface area contributed by atoms with E-state index in [1.807, 2.05) is 12.1 Å². The highest BCUT2D eigenvalue weighted by Gasteiger charge is 2.19. The number of para-hydroxylation sites is 1. The molecule has 0 unspecified atom stereocenters. The van der Waals surface area contributed by atoms with Gasteiger partial charge in [-0.1, -0.05) is 23.7 Å². The molecule has 3 aromatic heterocycles. The van der Waals surface area contributed by atoms with Gasteiger partial charge in [0.15, 0.2) is 5.65 Å². The highest BCUT2D eigenvalue weighted by molar-refractivity contribution is 6.30. The molecule has 0 fully saturated rings. The summed E-state index contributed by atoms with van der Waals surface area (Å²) < 4.78 is 8.70. The van der Waals surface area contributed by atoms with E-state index in [-0.39, 0.29) is 17.4 Å². The van der Waals surface area contributed by atoms with Crippen LogP contribution in [0.25, 0.3) is 33.3 Å². The fraction of sp³-hybridized carbons (Fsp3) is 0.0870. The van der Waals surface area contributed by atoms with Crippen molar-refractivity contribution in [3.63, 3.8) is 0 Å². The summed E-state index contributed by atoms with van der Waals surface area (Å²) in [5.41, 5.74) is 1.03. The molecule has 0 bridgehead atoms. The van der Waals surface area contributed by atoms with Crippen LogP contribution in [0.3, 0.4) is 0 Å². The van der Waals surface area contributed by atoms with Crippen LogP contribution in [-0.4, -0.2) is 14.1 Å². The van der Waals surface area contributed by atoms with Crippen LogP contribution in [0, 0.1) is 0 Å². The Hall–Kier alpha value is -3.64. The number of halogens is 1. The van der Waals surface area contributed by atoms with Crippen molar-refractivity contribution in [1.82, 2.24) is 14.1 Å². The lowest BCUT2D eigenvalue weighted by atomic mass is 10.1. The number of hydrogen-bond acceptors (Lipinski definition) is 4. The van der Waals surface area contributed by atoms with Gasteiger partial charge in [-0.3, -0.25) is 14.2 Å². The van der Waals surface area contributed by atoms with Crippen LogP contribution >= 0.6 is 11.6 Å². The van der Waals surface area contributed by atoms with Gasteiger partial charge in [-0.2, -0.15) is 0 Å². The molecular weight excluding hydrogens is 402 g/mol. The van der Waals surface area contributed by atoms with Gasteiger partial charge in [0.1, 0.15) is 17.0 Å². The fourth-order valence-electron chi connectivity index (χ4n) is 3.72. The first-order chi connectivity index (χ1) is 14.5. The zero-order valence-corrected chi connectivity index (χ0v) is 16.8. The lowest BCUT2D eigenvalue weighted by Crippen LogP contribution is -2.29. The van der Waals surface area contributed by atoms with Gasteiger partial charge in [-0.25, -0.2) is 4.98 Å². The number of hydrogen-bond donors (Lipinski definition) is 0. The Morgan fingerprint density at radius 2 is 1.77 bits per heavy atom. The van der Waals surface area contributed by atoms with Crippen molar-refractivity contribution in [3.05, 3.63) is 98.3 Å². The minimum Gasteiger partial charge on any atom is -0.467 e. The number of aryl methyl sites for hydroxylation is 1. The maximum atomic E-state index is 13.6. The van der Waals surface area contributed by atoms with Crippen molar-refractivity contribution >= 4 is 33.5 Å². The Morgan fingerprint density at radius 1 is 1.00 bits per heavy atom. The Labute approximate surface area is 175 Å². The fourth-order valence-corrected chi connectivity index (χ4v) is 3.84. The molecule has 0 amide bonds. The molecule has 30 heavy (non-hydrogen) atoms. The van der Waals surface area contributed by atoms with E-state index < -0.39 is 5.56 Å². The standard InChI is InChI=1S/C23H16ClN3O3/c1-26-18-7-3-2-6-17(18)20(28)19-22(26)25-21(14-8-10-15(24)11-9-14)27(23(19)29)13-16-5-4-12-30-16/h2-12H,13H2,1H3. The minimum absolute atomic E-state index is 0.0560. The van der Waals surface area contributed by atoms with E-state index in [1.165, 1.54) is 4.57 Å². The molecule has 3 heterocycles. The molecule has 5 aromatic rings. The van der Waals surface area contributed by atoms with Gasteiger partial charge < -0.3 is 8.98 Å². The monoisotopic (exact) mass is 417 g/mol. The lowest BCUT2D eigenvalue weighted by molar-refractivity contribution is 0.490. The average molecular weight is 418 g/mol. The number of rotatable bonds is 3. The van der Waals surface area contributed by atoms with E-state index in [2.05, 4.69) is 0 Å². The third-order valence-corrected chi connectivity index (χ3v) is 5.45. The quantitative estimate of drug-likeness (QED) is 0.412. The maximum Gasteiger partial charge on any atom is 0.267 e. The Kier molecular flexibility index (Phi) is 4.29. The van der Waals surface area contributed by atoms with Gasteiger partial charge in [-0.05, 0) is 48.5 Å². The summed E-state index contributed by atoms with van der Waals surface area (Å²) in [6.07, 6.45) is 1.54. The molecule has 0 aliphatic heterocycles. The Bertz CT molecular complexity index is 1510. The summed E-state index contributed by atoms with van der Waals surface area (Å²) in [4.78, 5) is 31.5. The molecule has 148 valence electrons. The summed E-state index contributed by atoms with van der Waals surface area (Å²) in [6, 6.07) is 17.8. The molecule has 0 atom stereocenters. The van der Waals surface area contributed by atoms with E-state index in [0.29, 0.717) is 38.7 Å². The SMILES string of the molecule is Cn1c2ccccc2c(=O)c2c(=O)n(Cc3ccco3)c(-c3ccc(Cl)cc3)nc21. The highest BCUT2D eigenvalue weighted by atomic mass is 35.5. The number of benzene rings is 2. The topological polar surface area (TPSA) is 70.0 Å². The predicted octanol–water partition coefficient (Wildman–Crippen LogP) is 4.21. The van der Waals surface area contributed by atoms with Crippen molar-refractivity contribution in [3.8, 4) is 11.4 Å². The third-order valence-electron chi connectivity index (χ3n) is 5.20. The number of fused-ring (bicyclic) bond motifs is 2. The molecule has 5 rings (SSSR count). The van der Waals surface area contributed by atoms with Gasteiger partial charge in [-0.15, -0.1) is 0 Å². The van der Waals surface area contributed by atoms with Crippen LogP contribution in [0.4, 0.5) is 0 Å². The number of aromatic nitrogens is 3. The van der Waals surface area contributed by atoms with Gasteiger partial charge >= 0.3 is 0 Å². The second-order valence-corrected chi connectivity index (χ2v) is 7.45. The Morgan fingerprint density at radius 3 is 2.50 bits per heavy atom. The van der Waals surface area contributed by atoms with Crippen molar-refractivity contribution in [2.45, 2.75) is 6.54 Å². The summed E-state index contributed by atoms with van der Waals surface area (Å²) in [5, 5.41) is 1.12. The van der Waals surface area contributed by atoms with Gasteiger partial charge in [0.05, 0.1) is 18.3 Å². The smallest absolute Gasteiger partial charge is 0.267 e. The van der Waals surface area contributed by atoms with Crippen molar-refractivity contribution in [2.24, 2.45) is 7.05 Å². The van der Waals surface area contributed by atoms with Gasteiger partial charge in [0.2, 0.25) is 5.43 Å². The van der Waals surface area contributed by atoms with Crippen LogP contribution in [-0.2, 0) is 13.6 Å². The molecule has 7 heteroatoms. The van der Waals surface area contributed by atoms with Crippen LogP contribution in [0.15, 0.2) is 80.9 Å². The second-order valence-electron chi connectivity index (χ2n) is 7.02. The zero-order valence-electron chi connectivity index (χ0n) is 16.0. The molecular formula is C23H16ClN3O3. The lowest BCUT2D eigenvalue weighted by Gasteiger charge is -2.15. The van der Waals surface area contributed by atoms with E-state index in [4.69, 9.17) is 21.0 Å². The highest BCUT2D eigenvalue weighted by Crippen LogP contribution is 2.23. The predicted molar refractivity (Wildman–Crippen MR) is 117 cm³/mol. The molecule has 0 saturated heterocycles. The van der Waals surface area contributed by atoms with Crippen LogP contribution in [0.2, 0.25) is 5.02 Å². The first-order valence-electron chi connectivity index (χ1n) is 9.35. The normalized spacial score (nSPS) is 11.4. The van der Waals surface area contributed by atoms with Crippen LogP contribution in [0.5, 0.6) is 0 Å². The molecule has 0 radical (unpaired) electrons. The Balaban J connectivity index is 1.92. The molecule has 2 aromatic carbocycles. The van der Waals surface area contributed by atoms with E-state index >= 15 is 0 Å². The molecule has 6 nitrogen and oxygen atoms in total. The molecule has 0 N–H and O–H groups in total. The number of furan rings is 1. The first kappa shape index (κ1) is 18.4. The molecule has 0 saturated carbocycles. The summed E-state index contributed by atoms with van der Waals surface area (Å²) in [6.45, 7) is 0.155. The van der Waals surface area contributed by atoms with Crippen molar-refractivity contribution < 1.29 is 4.42 Å². The molecule has 0 spiro atoms. The van der Waals surface area contributed by atoms with Crippen molar-refractivity contribution in [2.75, 3.05) is 0 Å². The largest absolute Gasteiger partial charge is 0.467 e. The van der Waals surface area contributed by atoms with Gasteiger partial charge in [0.25, 0.3) is 5.56 Å². The first-order valence-corrected chi connectivity index (χ1v) is 9.73. The molecule has 0 aliphatic carbocycles. The van der Waals surface area contributed by atoms with Crippen molar-refractivity contribution in [1.29, 1.82) is 0 Å². The zero-order chi connectivity index (χ0) is 20.8. The van der Waals surface area contributed by atoms with Crippen LogP contribution in [0.1, 0.15) is 5.76 Å². The van der Waals surface area contributed by atoms with Crippen LogP contribution < -0.4 is 11.0 Å². The second kappa shape index (κ2) is 7.00. The number of nitrogens with zero attached hydrogens (tertiary/aromatic N) is 3.